The van der Waals surface area contributed by atoms with Gasteiger partial charge in [-0.15, -0.1) is 0 Å². The number of nitrogens with one attached hydrogen (secondary N) is 2. The molecule has 142 valence electrons. The lowest BCUT2D eigenvalue weighted by Gasteiger charge is -2.09. The summed E-state index contributed by atoms with van der Waals surface area (Å²) in [7, 11) is 0. The number of anilines is 1. The molecule has 0 atom stereocenters. The Labute approximate surface area is 163 Å². The molecule has 6 nitrogen and oxygen atoms in total. The summed E-state index contributed by atoms with van der Waals surface area (Å²) in [5.74, 6) is -0.0412. The van der Waals surface area contributed by atoms with Gasteiger partial charge in [-0.3, -0.25) is 9.59 Å². The molecule has 0 saturated carbocycles. The van der Waals surface area contributed by atoms with Gasteiger partial charge in [-0.05, 0) is 50.6 Å². The van der Waals surface area contributed by atoms with E-state index in [9.17, 15) is 9.59 Å². The fourth-order valence-corrected chi connectivity index (χ4v) is 2.36. The molecule has 0 saturated heterocycles. The molecule has 2 rings (SSSR count). The van der Waals surface area contributed by atoms with Gasteiger partial charge in [0.1, 0.15) is 5.75 Å². The normalized spacial score (nSPS) is 11.0. The number of halogens is 1. The minimum atomic E-state index is -0.402. The van der Waals surface area contributed by atoms with Gasteiger partial charge in [-0.25, -0.2) is 5.43 Å². The number of amides is 2. The summed E-state index contributed by atoms with van der Waals surface area (Å²) in [6.45, 7) is 5.30. The predicted octanol–water partition coefficient (Wildman–Crippen LogP) is 3.86. The van der Waals surface area contributed by atoms with Crippen molar-refractivity contribution in [3.63, 3.8) is 0 Å². The van der Waals surface area contributed by atoms with Crippen LogP contribution in [0.1, 0.15) is 24.5 Å². The van der Waals surface area contributed by atoms with Gasteiger partial charge >= 0.3 is 0 Å². The number of hydrogen-bond donors (Lipinski definition) is 2. The summed E-state index contributed by atoms with van der Waals surface area (Å²) in [5, 5.41) is 7.28. The topological polar surface area (TPSA) is 79.8 Å². The third-order valence-corrected chi connectivity index (χ3v) is 4.13. The number of carbonyl (C=O) groups excluding carboxylic acids is 2. The maximum absolute atomic E-state index is 12.1. The molecule has 0 unspecified atom stereocenters. The Kier molecular flexibility index (Phi) is 7.37. The molecule has 0 radical (unpaired) electrons. The molecule has 0 aliphatic heterocycles. The molecule has 0 aliphatic rings. The van der Waals surface area contributed by atoms with E-state index in [1.165, 1.54) is 0 Å². The number of hydrogen-bond acceptors (Lipinski definition) is 4. The second kappa shape index (κ2) is 9.73. The van der Waals surface area contributed by atoms with Crippen LogP contribution in [-0.4, -0.2) is 24.1 Å². The molecule has 0 spiro atoms. The first-order valence-electron chi connectivity index (χ1n) is 8.41. The molecule has 0 aliphatic carbocycles. The van der Waals surface area contributed by atoms with Crippen LogP contribution >= 0.6 is 11.6 Å². The zero-order chi connectivity index (χ0) is 19.8. The van der Waals surface area contributed by atoms with Crippen molar-refractivity contribution in [1.82, 2.24) is 5.43 Å². The van der Waals surface area contributed by atoms with Gasteiger partial charge in [0.25, 0.3) is 5.91 Å². The lowest BCUT2D eigenvalue weighted by Crippen LogP contribution is -2.26. The third kappa shape index (κ3) is 6.75. The standard InChI is InChI=1S/C20H22ClN3O3/c1-13-7-9-16(10-8-13)27-12-20(26)24-23-14(2)11-19(25)22-18-6-4-5-17(21)15(18)3/h4-10H,11-12H2,1-3H3,(H,22,25)(H,24,26)/b23-14-. The third-order valence-electron chi connectivity index (χ3n) is 3.72. The summed E-state index contributed by atoms with van der Waals surface area (Å²) in [5.41, 5.74) is 5.40. The Morgan fingerprint density at radius 3 is 2.48 bits per heavy atom. The van der Waals surface area contributed by atoms with Crippen LogP contribution in [0.4, 0.5) is 5.69 Å². The van der Waals surface area contributed by atoms with Gasteiger partial charge in [-0.2, -0.15) is 5.10 Å². The maximum atomic E-state index is 12.1. The Hall–Kier alpha value is -2.86. The van der Waals surface area contributed by atoms with E-state index in [2.05, 4.69) is 15.8 Å². The van der Waals surface area contributed by atoms with Gasteiger partial charge < -0.3 is 10.1 Å². The minimum Gasteiger partial charge on any atom is -0.484 e. The molecule has 0 fully saturated rings. The SMILES string of the molecule is C/C(CC(=O)Nc1cccc(Cl)c1C)=N/NC(=O)COc1ccc(C)cc1. The van der Waals surface area contributed by atoms with E-state index in [-0.39, 0.29) is 18.9 Å². The van der Waals surface area contributed by atoms with Crippen LogP contribution in [0.15, 0.2) is 47.6 Å². The van der Waals surface area contributed by atoms with Crippen molar-refractivity contribution in [3.8, 4) is 5.75 Å². The summed E-state index contributed by atoms with van der Waals surface area (Å²) < 4.78 is 5.37. The van der Waals surface area contributed by atoms with Gasteiger partial charge in [0.2, 0.25) is 5.91 Å². The van der Waals surface area contributed by atoms with Crippen LogP contribution in [0.25, 0.3) is 0 Å². The van der Waals surface area contributed by atoms with Crippen molar-refractivity contribution in [1.29, 1.82) is 0 Å². The highest BCUT2D eigenvalue weighted by molar-refractivity contribution is 6.31. The van der Waals surface area contributed by atoms with Gasteiger partial charge in [-0.1, -0.05) is 35.4 Å². The Morgan fingerprint density at radius 1 is 1.07 bits per heavy atom. The van der Waals surface area contributed by atoms with Crippen molar-refractivity contribution in [2.75, 3.05) is 11.9 Å². The first-order valence-corrected chi connectivity index (χ1v) is 8.79. The molecule has 0 bridgehead atoms. The molecule has 27 heavy (non-hydrogen) atoms. The molecule has 2 amide bonds. The Morgan fingerprint density at radius 2 is 1.78 bits per heavy atom. The lowest BCUT2D eigenvalue weighted by molar-refractivity contribution is -0.123. The van der Waals surface area contributed by atoms with Crippen molar-refractivity contribution >= 4 is 34.8 Å². The highest BCUT2D eigenvalue weighted by Gasteiger charge is 2.09. The highest BCUT2D eigenvalue weighted by Crippen LogP contribution is 2.22. The molecule has 2 aromatic carbocycles. The van der Waals surface area contributed by atoms with Crippen molar-refractivity contribution in [3.05, 3.63) is 58.6 Å². The fraction of sp³-hybridized carbons (Fsp3) is 0.250. The van der Waals surface area contributed by atoms with Gasteiger partial charge in [0.15, 0.2) is 6.61 Å². The largest absolute Gasteiger partial charge is 0.484 e. The molecule has 2 N–H and O–H groups in total. The van der Waals surface area contributed by atoms with Crippen molar-refractivity contribution in [2.45, 2.75) is 27.2 Å². The van der Waals surface area contributed by atoms with Crippen molar-refractivity contribution in [2.24, 2.45) is 5.10 Å². The number of benzene rings is 2. The number of carbonyl (C=O) groups is 2. The molecule has 0 heterocycles. The smallest absolute Gasteiger partial charge is 0.277 e. The zero-order valence-corrected chi connectivity index (χ0v) is 16.3. The molecule has 7 heteroatoms. The van der Waals surface area contributed by atoms with Crippen LogP contribution in [-0.2, 0) is 9.59 Å². The first-order chi connectivity index (χ1) is 12.8. The Balaban J connectivity index is 1.78. The van der Waals surface area contributed by atoms with Crippen molar-refractivity contribution < 1.29 is 14.3 Å². The van der Waals surface area contributed by atoms with E-state index in [1.54, 1.807) is 37.3 Å². The zero-order valence-electron chi connectivity index (χ0n) is 15.5. The second-order valence-electron chi connectivity index (χ2n) is 6.12. The molecule has 2 aromatic rings. The first kappa shape index (κ1) is 20.5. The lowest BCUT2D eigenvalue weighted by atomic mass is 10.2. The van der Waals surface area contributed by atoms with Gasteiger partial charge in [0, 0.05) is 16.4 Å². The number of nitrogens with zero attached hydrogens (tertiary/aromatic N) is 1. The predicted molar refractivity (Wildman–Crippen MR) is 107 cm³/mol. The maximum Gasteiger partial charge on any atom is 0.277 e. The van der Waals surface area contributed by atoms with Crippen LogP contribution in [0, 0.1) is 13.8 Å². The molecular weight excluding hydrogens is 366 g/mol. The van der Waals surface area contributed by atoms with E-state index >= 15 is 0 Å². The summed E-state index contributed by atoms with van der Waals surface area (Å²) in [6.07, 6.45) is 0.0467. The van der Waals surface area contributed by atoms with E-state index < -0.39 is 5.91 Å². The quantitative estimate of drug-likeness (QED) is 0.559. The number of aryl methyl sites for hydroxylation is 1. The fourth-order valence-electron chi connectivity index (χ4n) is 2.18. The van der Waals surface area contributed by atoms with Crippen LogP contribution in [0.2, 0.25) is 5.02 Å². The van der Waals surface area contributed by atoms with Crippen LogP contribution in [0.3, 0.4) is 0 Å². The van der Waals surface area contributed by atoms with Crippen LogP contribution in [0.5, 0.6) is 5.75 Å². The average molecular weight is 388 g/mol. The van der Waals surface area contributed by atoms with E-state index in [0.29, 0.717) is 22.2 Å². The summed E-state index contributed by atoms with van der Waals surface area (Å²) in [4.78, 5) is 23.9. The molecular formula is C20H22ClN3O3. The highest BCUT2D eigenvalue weighted by atomic mass is 35.5. The molecule has 0 aromatic heterocycles. The number of rotatable bonds is 7. The Bertz CT molecular complexity index is 848. The van der Waals surface area contributed by atoms with E-state index in [0.717, 1.165) is 11.1 Å². The summed E-state index contributed by atoms with van der Waals surface area (Å²) >= 11 is 6.03. The summed E-state index contributed by atoms with van der Waals surface area (Å²) in [6, 6.07) is 12.7. The number of hydrazone groups is 1. The van der Waals surface area contributed by atoms with Gasteiger partial charge in [0.05, 0.1) is 6.42 Å². The van der Waals surface area contributed by atoms with Crippen LogP contribution < -0.4 is 15.5 Å². The monoisotopic (exact) mass is 387 g/mol. The van der Waals surface area contributed by atoms with E-state index in [1.807, 2.05) is 26.0 Å². The average Bonchev–Trinajstić information content (AvgIpc) is 2.63. The van der Waals surface area contributed by atoms with E-state index in [4.69, 9.17) is 16.3 Å². The minimum absolute atomic E-state index is 0.0467. The second-order valence-corrected chi connectivity index (χ2v) is 6.53. The number of ether oxygens (including phenoxy) is 1.